The molecule has 1 saturated heterocycles. The molecule has 0 radical (unpaired) electrons. The molecule has 0 aliphatic carbocycles. The first-order chi connectivity index (χ1) is 12.9. The van der Waals surface area contributed by atoms with Crippen molar-refractivity contribution in [1.82, 2.24) is 15.5 Å². The molecule has 1 aromatic rings. The summed E-state index contributed by atoms with van der Waals surface area (Å²) in [4.78, 5) is 7.23. The van der Waals surface area contributed by atoms with Gasteiger partial charge in [-0.3, -0.25) is 0 Å². The molecule has 6 nitrogen and oxygen atoms in total. The standard InChI is InChI=1S/C20H34N4O2S/c1-4-12-24-13-10-19(11-14-24)23-20(21-5-2)22-15-17-6-8-18(9-7-17)16-27(3,25)26/h6-9,19H,4-5,10-16H2,1-3H3,(H2,21,22,23). The molecule has 2 N–H and O–H groups in total. The Balaban J connectivity index is 1.89. The molecular weight excluding hydrogens is 360 g/mol. The van der Waals surface area contributed by atoms with Gasteiger partial charge in [0.1, 0.15) is 0 Å². The second kappa shape index (κ2) is 10.7. The highest BCUT2D eigenvalue weighted by Crippen LogP contribution is 2.11. The molecule has 0 aromatic heterocycles. The van der Waals surface area contributed by atoms with Crippen molar-refractivity contribution in [1.29, 1.82) is 0 Å². The Labute approximate surface area is 164 Å². The first-order valence-corrected chi connectivity index (χ1v) is 12.0. The Kier molecular flexibility index (Phi) is 8.57. The molecular formula is C20H34N4O2S. The molecule has 0 unspecified atom stereocenters. The predicted molar refractivity (Wildman–Crippen MR) is 113 cm³/mol. The molecule has 0 amide bonds. The van der Waals surface area contributed by atoms with Crippen molar-refractivity contribution in [3.05, 3.63) is 35.4 Å². The average Bonchev–Trinajstić information content (AvgIpc) is 2.62. The molecule has 0 saturated carbocycles. The van der Waals surface area contributed by atoms with E-state index in [-0.39, 0.29) is 5.75 Å². The smallest absolute Gasteiger partial charge is 0.191 e. The normalized spacial score (nSPS) is 17.1. The number of nitrogens with zero attached hydrogens (tertiary/aromatic N) is 2. The van der Waals surface area contributed by atoms with Crippen molar-refractivity contribution in [3.63, 3.8) is 0 Å². The van der Waals surface area contributed by atoms with Crippen LogP contribution in [0.1, 0.15) is 44.2 Å². The quantitative estimate of drug-likeness (QED) is 0.522. The third-order valence-corrected chi connectivity index (χ3v) is 5.54. The van der Waals surface area contributed by atoms with Crippen LogP contribution < -0.4 is 10.6 Å². The Bertz CT molecular complexity index is 693. The summed E-state index contributed by atoms with van der Waals surface area (Å²) in [6.07, 6.45) is 4.76. The van der Waals surface area contributed by atoms with Gasteiger partial charge in [0.2, 0.25) is 0 Å². The van der Waals surface area contributed by atoms with Gasteiger partial charge >= 0.3 is 0 Å². The van der Waals surface area contributed by atoms with Crippen molar-refractivity contribution >= 4 is 15.8 Å². The number of piperidine rings is 1. The Hall–Kier alpha value is -1.60. The van der Waals surface area contributed by atoms with Gasteiger partial charge < -0.3 is 15.5 Å². The van der Waals surface area contributed by atoms with E-state index >= 15 is 0 Å². The fraction of sp³-hybridized carbons (Fsp3) is 0.650. The summed E-state index contributed by atoms with van der Waals surface area (Å²) in [6, 6.07) is 8.12. The number of aliphatic imine (C=N–C) groups is 1. The summed E-state index contributed by atoms with van der Waals surface area (Å²) in [5.41, 5.74) is 1.89. The van der Waals surface area contributed by atoms with Crippen molar-refractivity contribution in [2.24, 2.45) is 4.99 Å². The van der Waals surface area contributed by atoms with Gasteiger partial charge in [-0.1, -0.05) is 31.2 Å². The number of sulfone groups is 1. The topological polar surface area (TPSA) is 73.8 Å². The molecule has 1 heterocycles. The Morgan fingerprint density at radius 2 is 1.78 bits per heavy atom. The first-order valence-electron chi connectivity index (χ1n) is 9.92. The summed E-state index contributed by atoms with van der Waals surface area (Å²) in [7, 11) is -3.00. The largest absolute Gasteiger partial charge is 0.357 e. The van der Waals surface area contributed by atoms with Crippen molar-refractivity contribution in [2.75, 3.05) is 32.4 Å². The zero-order valence-corrected chi connectivity index (χ0v) is 17.7. The maximum absolute atomic E-state index is 11.4. The van der Waals surface area contributed by atoms with Crippen molar-refractivity contribution in [3.8, 4) is 0 Å². The minimum atomic E-state index is -3.00. The van der Waals surface area contributed by atoms with Gasteiger partial charge in [0.05, 0.1) is 12.3 Å². The lowest BCUT2D eigenvalue weighted by Crippen LogP contribution is -2.48. The van der Waals surface area contributed by atoms with Gasteiger partial charge in [0, 0.05) is 31.9 Å². The van der Waals surface area contributed by atoms with Gasteiger partial charge in [-0.25, -0.2) is 13.4 Å². The van der Waals surface area contributed by atoms with E-state index in [1.54, 1.807) is 0 Å². The van der Waals surface area contributed by atoms with Gasteiger partial charge in [-0.15, -0.1) is 0 Å². The van der Waals surface area contributed by atoms with Crippen molar-refractivity contribution in [2.45, 2.75) is 51.4 Å². The fourth-order valence-electron chi connectivity index (χ4n) is 3.34. The van der Waals surface area contributed by atoms with Crippen LogP contribution in [0.3, 0.4) is 0 Å². The van der Waals surface area contributed by atoms with Crippen LogP contribution in [0.4, 0.5) is 0 Å². The number of hydrogen-bond donors (Lipinski definition) is 2. The highest BCUT2D eigenvalue weighted by Gasteiger charge is 2.19. The van der Waals surface area contributed by atoms with E-state index in [0.717, 1.165) is 49.6 Å². The molecule has 152 valence electrons. The fourth-order valence-corrected chi connectivity index (χ4v) is 4.14. The zero-order valence-electron chi connectivity index (χ0n) is 16.9. The molecule has 1 fully saturated rings. The summed E-state index contributed by atoms with van der Waals surface area (Å²) in [5.74, 6) is 0.934. The monoisotopic (exact) mass is 394 g/mol. The lowest BCUT2D eigenvalue weighted by atomic mass is 10.1. The molecule has 0 bridgehead atoms. The van der Waals surface area contributed by atoms with Gasteiger partial charge in [0.25, 0.3) is 0 Å². The minimum absolute atomic E-state index is 0.0808. The number of benzene rings is 1. The Morgan fingerprint density at radius 1 is 1.15 bits per heavy atom. The summed E-state index contributed by atoms with van der Waals surface area (Å²) >= 11 is 0. The van der Waals surface area contributed by atoms with E-state index in [0.29, 0.717) is 12.6 Å². The zero-order chi connectivity index (χ0) is 19.7. The predicted octanol–water partition coefficient (Wildman–Crippen LogP) is 2.16. The third kappa shape index (κ3) is 8.30. The highest BCUT2D eigenvalue weighted by molar-refractivity contribution is 7.89. The number of likely N-dealkylation sites (tertiary alicyclic amines) is 1. The average molecular weight is 395 g/mol. The molecule has 1 aliphatic heterocycles. The van der Waals surface area contributed by atoms with E-state index in [9.17, 15) is 8.42 Å². The van der Waals surface area contributed by atoms with E-state index < -0.39 is 9.84 Å². The van der Waals surface area contributed by atoms with E-state index in [2.05, 4.69) is 29.4 Å². The number of nitrogens with one attached hydrogen (secondary N) is 2. The number of guanidine groups is 1. The van der Waals surface area contributed by atoms with Gasteiger partial charge in [0.15, 0.2) is 15.8 Å². The van der Waals surface area contributed by atoms with Crippen LogP contribution in [0.25, 0.3) is 0 Å². The molecule has 2 rings (SSSR count). The van der Waals surface area contributed by atoms with Crippen molar-refractivity contribution < 1.29 is 8.42 Å². The van der Waals surface area contributed by atoms with Crippen LogP contribution in [0.15, 0.2) is 29.3 Å². The lowest BCUT2D eigenvalue weighted by molar-refractivity contribution is 0.206. The van der Waals surface area contributed by atoms with Crippen LogP contribution in [0.5, 0.6) is 0 Å². The second-order valence-corrected chi connectivity index (χ2v) is 9.48. The molecule has 1 aliphatic rings. The Morgan fingerprint density at radius 3 is 2.33 bits per heavy atom. The second-order valence-electron chi connectivity index (χ2n) is 7.34. The van der Waals surface area contributed by atoms with Crippen LogP contribution in [-0.4, -0.2) is 57.8 Å². The molecule has 0 atom stereocenters. The number of rotatable bonds is 8. The maximum atomic E-state index is 11.4. The van der Waals surface area contributed by atoms with E-state index in [1.165, 1.54) is 19.2 Å². The molecule has 27 heavy (non-hydrogen) atoms. The maximum Gasteiger partial charge on any atom is 0.191 e. The van der Waals surface area contributed by atoms with Gasteiger partial charge in [-0.05, 0) is 43.9 Å². The summed E-state index contributed by atoms with van der Waals surface area (Å²) in [6.45, 7) is 9.18. The summed E-state index contributed by atoms with van der Waals surface area (Å²) in [5, 5.41) is 6.89. The van der Waals surface area contributed by atoms with Gasteiger partial charge in [-0.2, -0.15) is 0 Å². The highest BCUT2D eigenvalue weighted by atomic mass is 32.2. The van der Waals surface area contributed by atoms with Crippen LogP contribution >= 0.6 is 0 Å². The third-order valence-electron chi connectivity index (χ3n) is 4.68. The van der Waals surface area contributed by atoms with Crippen LogP contribution in [0, 0.1) is 0 Å². The van der Waals surface area contributed by atoms with Crippen LogP contribution in [-0.2, 0) is 22.1 Å². The summed E-state index contributed by atoms with van der Waals surface area (Å²) < 4.78 is 22.8. The molecule has 7 heteroatoms. The lowest BCUT2D eigenvalue weighted by Gasteiger charge is -2.32. The molecule has 0 spiro atoms. The minimum Gasteiger partial charge on any atom is -0.357 e. The van der Waals surface area contributed by atoms with E-state index in [1.807, 2.05) is 24.3 Å². The number of hydrogen-bond acceptors (Lipinski definition) is 4. The first kappa shape index (κ1) is 21.7. The SMILES string of the molecule is CCCN1CCC(NC(=NCc2ccc(CS(C)(=O)=O)cc2)NCC)CC1. The molecule has 1 aromatic carbocycles. The van der Waals surface area contributed by atoms with Crippen LogP contribution in [0.2, 0.25) is 0 Å². The van der Waals surface area contributed by atoms with E-state index in [4.69, 9.17) is 4.99 Å².